The summed E-state index contributed by atoms with van der Waals surface area (Å²) >= 11 is 0. The van der Waals surface area contributed by atoms with E-state index in [1.165, 1.54) is 0 Å². The third-order valence-electron chi connectivity index (χ3n) is 6.21. The van der Waals surface area contributed by atoms with Crippen molar-refractivity contribution < 1.29 is 19.5 Å². The lowest BCUT2D eigenvalue weighted by Crippen LogP contribution is -2.36. The first-order chi connectivity index (χ1) is 13.6. The Bertz CT molecular complexity index is 831. The molecule has 28 heavy (non-hydrogen) atoms. The monoisotopic (exact) mass is 379 g/mol. The highest BCUT2D eigenvalue weighted by atomic mass is 17.0. The van der Waals surface area contributed by atoms with Gasteiger partial charge in [0.25, 0.3) is 5.09 Å². The van der Waals surface area contributed by atoms with E-state index in [0.29, 0.717) is 17.5 Å². The normalized spacial score (nSPS) is 25.6. The van der Waals surface area contributed by atoms with E-state index in [1.54, 1.807) is 48.5 Å². The molecule has 0 amide bonds. The molecule has 6 nitrogen and oxygen atoms in total. The van der Waals surface area contributed by atoms with Crippen molar-refractivity contribution in [2.45, 2.75) is 25.4 Å². The summed E-state index contributed by atoms with van der Waals surface area (Å²) in [6.45, 7) is 0. The van der Waals surface area contributed by atoms with Gasteiger partial charge in [0.1, 0.15) is 6.10 Å². The molecule has 2 bridgehead atoms. The number of carbonyl (C=O) groups is 2. The van der Waals surface area contributed by atoms with Crippen molar-refractivity contribution in [2.75, 3.05) is 0 Å². The topological polar surface area (TPSA) is 86.5 Å². The van der Waals surface area contributed by atoms with Gasteiger partial charge in [0.15, 0.2) is 11.6 Å². The first-order valence-electron chi connectivity index (χ1n) is 9.56. The van der Waals surface area contributed by atoms with Crippen LogP contribution < -0.4 is 0 Å². The minimum Gasteiger partial charge on any atom is -0.310 e. The number of hydrogen-bond donors (Lipinski definition) is 0. The smallest absolute Gasteiger partial charge is 0.294 e. The Kier molecular flexibility index (Phi) is 4.94. The van der Waals surface area contributed by atoms with Crippen LogP contribution in [0.4, 0.5) is 0 Å². The summed E-state index contributed by atoms with van der Waals surface area (Å²) in [4.78, 5) is 42.6. The zero-order chi connectivity index (χ0) is 19.7. The van der Waals surface area contributed by atoms with E-state index in [1.807, 2.05) is 12.1 Å². The maximum absolute atomic E-state index is 13.4. The van der Waals surface area contributed by atoms with Crippen LogP contribution in [-0.2, 0) is 4.84 Å². The lowest BCUT2D eigenvalue weighted by Gasteiger charge is -2.26. The summed E-state index contributed by atoms with van der Waals surface area (Å²) in [5, 5.41) is 10.1. The zero-order valence-electron chi connectivity index (χ0n) is 15.3. The Balaban J connectivity index is 1.71. The molecule has 2 aromatic carbocycles. The van der Waals surface area contributed by atoms with Crippen molar-refractivity contribution in [2.24, 2.45) is 23.7 Å². The van der Waals surface area contributed by atoms with Crippen LogP contribution in [0.5, 0.6) is 0 Å². The molecule has 0 saturated heterocycles. The van der Waals surface area contributed by atoms with E-state index >= 15 is 0 Å². The fourth-order valence-corrected chi connectivity index (χ4v) is 5.11. The predicted octanol–water partition coefficient (Wildman–Crippen LogP) is 3.99. The second-order valence-electron chi connectivity index (χ2n) is 7.62. The molecule has 0 N–H and O–H groups in total. The molecule has 2 saturated carbocycles. The summed E-state index contributed by atoms with van der Waals surface area (Å²) in [6, 6.07) is 17.6. The second-order valence-corrected chi connectivity index (χ2v) is 7.62. The summed E-state index contributed by atoms with van der Waals surface area (Å²) in [6.07, 6.45) is 1.60. The molecule has 2 aliphatic carbocycles. The average molecular weight is 379 g/mol. The Morgan fingerprint density at radius 2 is 1.46 bits per heavy atom. The Morgan fingerprint density at radius 1 is 0.929 bits per heavy atom. The van der Waals surface area contributed by atoms with E-state index < -0.39 is 17.1 Å². The molecule has 0 heterocycles. The summed E-state index contributed by atoms with van der Waals surface area (Å²) < 4.78 is 0. The Hall–Kier alpha value is -3.02. The fourth-order valence-electron chi connectivity index (χ4n) is 5.11. The third kappa shape index (κ3) is 3.30. The third-order valence-corrected chi connectivity index (χ3v) is 6.21. The van der Waals surface area contributed by atoms with Crippen molar-refractivity contribution in [1.29, 1.82) is 0 Å². The number of fused-ring (bicyclic) bond motifs is 2. The van der Waals surface area contributed by atoms with Crippen molar-refractivity contribution in [3.63, 3.8) is 0 Å². The molecule has 0 unspecified atom stereocenters. The standard InChI is InChI=1S/C22H21NO5/c24-21(14-7-3-1-4-8-14)20(22(25)15-9-5-2-6-10-15)19-16-11-12-17(19)18(13-16)28-23(26)27/h1-10,16-20H,11-13H2/t16-,17+,18-,19-/m1/s1. The molecule has 4 rings (SSSR count). The predicted molar refractivity (Wildman–Crippen MR) is 101 cm³/mol. The van der Waals surface area contributed by atoms with Crippen molar-refractivity contribution in [3.8, 4) is 0 Å². The highest BCUT2D eigenvalue weighted by Crippen LogP contribution is 2.54. The molecule has 4 atom stereocenters. The van der Waals surface area contributed by atoms with Gasteiger partial charge in [0, 0.05) is 11.1 Å². The molecule has 0 aliphatic heterocycles. The van der Waals surface area contributed by atoms with Crippen LogP contribution in [0.25, 0.3) is 0 Å². The molecule has 2 fully saturated rings. The molecular weight excluding hydrogens is 358 g/mol. The Morgan fingerprint density at radius 3 is 1.96 bits per heavy atom. The van der Waals surface area contributed by atoms with E-state index in [-0.39, 0.29) is 29.3 Å². The number of rotatable bonds is 7. The van der Waals surface area contributed by atoms with Crippen LogP contribution >= 0.6 is 0 Å². The van der Waals surface area contributed by atoms with Crippen LogP contribution in [0.1, 0.15) is 40.0 Å². The van der Waals surface area contributed by atoms with Crippen LogP contribution in [0, 0.1) is 33.8 Å². The molecule has 0 spiro atoms. The van der Waals surface area contributed by atoms with Crippen molar-refractivity contribution in [1.82, 2.24) is 0 Å². The number of hydrogen-bond acceptors (Lipinski definition) is 5. The number of carbonyl (C=O) groups excluding carboxylic acids is 2. The van der Waals surface area contributed by atoms with E-state index in [4.69, 9.17) is 4.84 Å². The molecule has 0 aromatic heterocycles. The van der Waals surface area contributed by atoms with Gasteiger partial charge < -0.3 is 4.84 Å². The maximum Gasteiger partial charge on any atom is 0.294 e. The Labute approximate surface area is 162 Å². The number of ketones is 2. The molecule has 0 radical (unpaired) electrons. The number of Topliss-reactive ketones (excluding diaryl/α,β-unsaturated/α-hetero) is 2. The SMILES string of the molecule is O=C(c1ccccc1)C(C(=O)c1ccccc1)[C@@H]1[C@@H]2CC[C@H]1[C@H](O[N+](=O)[O-])C2. The van der Waals surface area contributed by atoms with Gasteiger partial charge in [-0.15, -0.1) is 10.1 Å². The fraction of sp³-hybridized carbons (Fsp3) is 0.364. The van der Waals surface area contributed by atoms with Crippen LogP contribution in [0.15, 0.2) is 60.7 Å². The second kappa shape index (κ2) is 7.54. The lowest BCUT2D eigenvalue weighted by atomic mass is 9.75. The first-order valence-corrected chi connectivity index (χ1v) is 9.56. The molecule has 144 valence electrons. The van der Waals surface area contributed by atoms with Crippen LogP contribution in [0.3, 0.4) is 0 Å². The van der Waals surface area contributed by atoms with Gasteiger partial charge in [-0.2, -0.15) is 0 Å². The lowest BCUT2D eigenvalue weighted by molar-refractivity contribution is -0.770. The number of nitrogens with zero attached hydrogens (tertiary/aromatic N) is 1. The van der Waals surface area contributed by atoms with E-state index in [9.17, 15) is 19.7 Å². The van der Waals surface area contributed by atoms with Gasteiger partial charge >= 0.3 is 0 Å². The number of benzene rings is 2. The first kappa shape index (κ1) is 18.3. The largest absolute Gasteiger partial charge is 0.310 e. The maximum atomic E-state index is 13.4. The van der Waals surface area contributed by atoms with Crippen molar-refractivity contribution >= 4 is 11.6 Å². The summed E-state index contributed by atoms with van der Waals surface area (Å²) in [5.41, 5.74) is 0.990. The van der Waals surface area contributed by atoms with Gasteiger partial charge in [-0.1, -0.05) is 60.7 Å². The van der Waals surface area contributed by atoms with E-state index in [2.05, 4.69) is 0 Å². The van der Waals surface area contributed by atoms with Gasteiger partial charge in [0.2, 0.25) is 0 Å². The summed E-state index contributed by atoms with van der Waals surface area (Å²) in [7, 11) is 0. The van der Waals surface area contributed by atoms with Gasteiger partial charge in [-0.25, -0.2) is 0 Å². The average Bonchev–Trinajstić information content (AvgIpc) is 3.26. The molecule has 2 aliphatic rings. The van der Waals surface area contributed by atoms with Crippen LogP contribution in [0.2, 0.25) is 0 Å². The van der Waals surface area contributed by atoms with Gasteiger partial charge in [-0.3, -0.25) is 9.59 Å². The highest BCUT2D eigenvalue weighted by molar-refractivity contribution is 6.16. The molecule has 6 heteroatoms. The minimum absolute atomic E-state index is 0.0836. The minimum atomic E-state index is -0.845. The highest BCUT2D eigenvalue weighted by Gasteiger charge is 2.55. The molecule has 2 aromatic rings. The van der Waals surface area contributed by atoms with Crippen molar-refractivity contribution in [3.05, 3.63) is 81.9 Å². The molecular formula is C22H21NO5. The van der Waals surface area contributed by atoms with Gasteiger partial charge in [-0.05, 0) is 37.0 Å². The van der Waals surface area contributed by atoms with E-state index in [0.717, 1.165) is 12.8 Å². The summed E-state index contributed by atoms with van der Waals surface area (Å²) in [5.74, 6) is -1.56. The quantitative estimate of drug-likeness (QED) is 0.314. The zero-order valence-corrected chi connectivity index (χ0v) is 15.3. The van der Waals surface area contributed by atoms with Gasteiger partial charge in [0.05, 0.1) is 5.92 Å². The van der Waals surface area contributed by atoms with Crippen LogP contribution in [-0.4, -0.2) is 22.8 Å².